The Morgan fingerprint density at radius 3 is 2.40 bits per heavy atom. The molecule has 4 N–H and O–H groups in total. The molecule has 0 aliphatic heterocycles. The number of likely N-dealkylation sites (N-methyl/N-ethyl adjacent to an activating group) is 1. The number of benzene rings is 1. The smallest absolute Gasteiger partial charge is 0.231 e. The summed E-state index contributed by atoms with van der Waals surface area (Å²) in [4.78, 5) is 12.7. The van der Waals surface area contributed by atoms with Gasteiger partial charge < -0.3 is 11.5 Å². The van der Waals surface area contributed by atoms with E-state index in [4.69, 9.17) is 11.5 Å². The van der Waals surface area contributed by atoms with Crippen LogP contribution in [-0.2, 0) is 4.79 Å². The molecule has 0 spiro atoms. The highest BCUT2D eigenvalue weighted by Gasteiger charge is 2.12. The molecular formula is C11H17N3O. The van der Waals surface area contributed by atoms with Crippen LogP contribution in [0, 0.1) is 0 Å². The van der Waals surface area contributed by atoms with Crippen LogP contribution in [-0.4, -0.2) is 24.4 Å². The molecule has 0 aromatic heterocycles. The van der Waals surface area contributed by atoms with Gasteiger partial charge in [-0.05, 0) is 31.7 Å². The second kappa shape index (κ2) is 4.79. The van der Waals surface area contributed by atoms with Crippen molar-refractivity contribution in [2.24, 2.45) is 5.73 Å². The zero-order valence-corrected chi connectivity index (χ0v) is 9.10. The Labute approximate surface area is 89.9 Å². The normalized spacial score (nSPS) is 12.7. The van der Waals surface area contributed by atoms with Gasteiger partial charge >= 0.3 is 0 Å². The summed E-state index contributed by atoms with van der Waals surface area (Å²) < 4.78 is 0. The highest BCUT2D eigenvalue weighted by molar-refractivity contribution is 5.75. The quantitative estimate of drug-likeness (QED) is 0.715. The first-order valence-electron chi connectivity index (χ1n) is 4.84. The number of nitrogens with two attached hydrogens (primary N) is 2. The number of nitrogens with zero attached hydrogens (tertiary/aromatic N) is 1. The van der Waals surface area contributed by atoms with Crippen LogP contribution in [0.15, 0.2) is 24.3 Å². The van der Waals surface area contributed by atoms with E-state index in [-0.39, 0.29) is 18.5 Å². The van der Waals surface area contributed by atoms with Crippen LogP contribution in [0.3, 0.4) is 0 Å². The standard InChI is InChI=1S/C11H17N3O/c1-8(14(2)7-11(13)15)9-3-5-10(12)6-4-9/h3-6,8H,7,12H2,1-2H3,(H2,13,15). The van der Waals surface area contributed by atoms with Gasteiger partial charge in [0.2, 0.25) is 5.91 Å². The molecule has 1 atom stereocenters. The maximum Gasteiger partial charge on any atom is 0.231 e. The zero-order valence-electron chi connectivity index (χ0n) is 9.10. The molecule has 82 valence electrons. The van der Waals surface area contributed by atoms with Gasteiger partial charge in [-0.2, -0.15) is 0 Å². The maximum absolute atomic E-state index is 10.8. The number of carbonyl (C=O) groups excluding carboxylic acids is 1. The molecule has 0 heterocycles. The highest BCUT2D eigenvalue weighted by Crippen LogP contribution is 2.19. The van der Waals surface area contributed by atoms with Crippen molar-refractivity contribution < 1.29 is 4.79 Å². The van der Waals surface area contributed by atoms with Crippen molar-refractivity contribution in [3.05, 3.63) is 29.8 Å². The van der Waals surface area contributed by atoms with Gasteiger partial charge in [0, 0.05) is 11.7 Å². The van der Waals surface area contributed by atoms with Crippen molar-refractivity contribution in [1.82, 2.24) is 4.90 Å². The molecule has 0 aliphatic rings. The second-order valence-corrected chi connectivity index (χ2v) is 3.72. The second-order valence-electron chi connectivity index (χ2n) is 3.72. The van der Waals surface area contributed by atoms with E-state index in [0.717, 1.165) is 11.3 Å². The number of hydrogen-bond donors (Lipinski definition) is 2. The monoisotopic (exact) mass is 207 g/mol. The minimum Gasteiger partial charge on any atom is -0.399 e. The van der Waals surface area contributed by atoms with Crippen LogP contribution in [0.5, 0.6) is 0 Å². The third-order valence-electron chi connectivity index (χ3n) is 2.49. The van der Waals surface area contributed by atoms with Crippen LogP contribution >= 0.6 is 0 Å². The van der Waals surface area contributed by atoms with Crippen LogP contribution in [0.2, 0.25) is 0 Å². The fourth-order valence-electron chi connectivity index (χ4n) is 1.41. The Morgan fingerprint density at radius 1 is 1.40 bits per heavy atom. The predicted octanol–water partition coefficient (Wildman–Crippen LogP) is 0.747. The average molecular weight is 207 g/mol. The van der Waals surface area contributed by atoms with Gasteiger partial charge in [-0.15, -0.1) is 0 Å². The summed E-state index contributed by atoms with van der Waals surface area (Å²) >= 11 is 0. The number of carbonyl (C=O) groups is 1. The topological polar surface area (TPSA) is 72.3 Å². The van der Waals surface area contributed by atoms with Crippen molar-refractivity contribution in [3.8, 4) is 0 Å². The first-order chi connectivity index (χ1) is 7.00. The fraction of sp³-hybridized carbons (Fsp3) is 0.364. The fourth-order valence-corrected chi connectivity index (χ4v) is 1.41. The van der Waals surface area contributed by atoms with E-state index in [1.165, 1.54) is 0 Å². The average Bonchev–Trinajstić information content (AvgIpc) is 2.17. The summed E-state index contributed by atoms with van der Waals surface area (Å²) in [5, 5.41) is 0. The van der Waals surface area contributed by atoms with Gasteiger partial charge in [-0.25, -0.2) is 0 Å². The van der Waals surface area contributed by atoms with Crippen LogP contribution in [0.1, 0.15) is 18.5 Å². The number of rotatable bonds is 4. The molecule has 4 nitrogen and oxygen atoms in total. The lowest BCUT2D eigenvalue weighted by Crippen LogP contribution is -2.32. The van der Waals surface area contributed by atoms with Gasteiger partial charge in [0.1, 0.15) is 0 Å². The van der Waals surface area contributed by atoms with Crippen molar-refractivity contribution in [2.45, 2.75) is 13.0 Å². The molecule has 1 unspecified atom stereocenters. The van der Waals surface area contributed by atoms with Crippen molar-refractivity contribution in [2.75, 3.05) is 19.3 Å². The van der Waals surface area contributed by atoms with E-state index in [1.54, 1.807) is 0 Å². The number of anilines is 1. The lowest BCUT2D eigenvalue weighted by Gasteiger charge is -2.23. The summed E-state index contributed by atoms with van der Waals surface area (Å²) in [6, 6.07) is 7.76. The first kappa shape index (κ1) is 11.5. The Kier molecular flexibility index (Phi) is 3.68. The zero-order chi connectivity index (χ0) is 11.4. The molecule has 0 saturated carbocycles. The van der Waals surface area contributed by atoms with Crippen LogP contribution in [0.4, 0.5) is 5.69 Å². The van der Waals surface area contributed by atoms with E-state index in [2.05, 4.69) is 0 Å². The van der Waals surface area contributed by atoms with E-state index in [9.17, 15) is 4.79 Å². The third kappa shape index (κ3) is 3.25. The van der Waals surface area contributed by atoms with E-state index >= 15 is 0 Å². The van der Waals surface area contributed by atoms with Crippen LogP contribution in [0.25, 0.3) is 0 Å². The number of hydrogen-bond acceptors (Lipinski definition) is 3. The SMILES string of the molecule is CC(c1ccc(N)cc1)N(C)CC(N)=O. The molecule has 0 aliphatic carbocycles. The molecule has 4 heteroatoms. The molecule has 0 bridgehead atoms. The van der Waals surface area contributed by atoms with Gasteiger partial charge in [0.25, 0.3) is 0 Å². The van der Waals surface area contributed by atoms with Gasteiger partial charge in [0.15, 0.2) is 0 Å². The van der Waals surface area contributed by atoms with Gasteiger partial charge in [-0.3, -0.25) is 9.69 Å². The largest absolute Gasteiger partial charge is 0.399 e. The summed E-state index contributed by atoms with van der Waals surface area (Å²) in [6.07, 6.45) is 0. The van der Waals surface area contributed by atoms with E-state index < -0.39 is 0 Å². The molecular weight excluding hydrogens is 190 g/mol. The van der Waals surface area contributed by atoms with E-state index in [0.29, 0.717) is 0 Å². The predicted molar refractivity (Wildman–Crippen MR) is 61.1 cm³/mol. The summed E-state index contributed by atoms with van der Waals surface area (Å²) in [5.74, 6) is -0.320. The molecule has 0 saturated heterocycles. The van der Waals surface area contributed by atoms with Gasteiger partial charge in [-0.1, -0.05) is 12.1 Å². The minimum atomic E-state index is -0.320. The Morgan fingerprint density at radius 2 is 1.93 bits per heavy atom. The Balaban J connectivity index is 2.71. The molecule has 15 heavy (non-hydrogen) atoms. The lowest BCUT2D eigenvalue weighted by molar-refractivity contribution is -0.119. The lowest BCUT2D eigenvalue weighted by atomic mass is 10.1. The number of primary amides is 1. The Hall–Kier alpha value is -1.55. The molecule has 1 aromatic rings. The first-order valence-corrected chi connectivity index (χ1v) is 4.84. The number of amides is 1. The third-order valence-corrected chi connectivity index (χ3v) is 2.49. The molecule has 0 fully saturated rings. The summed E-state index contributed by atoms with van der Waals surface area (Å²) in [5.41, 5.74) is 12.6. The minimum absolute atomic E-state index is 0.151. The van der Waals surface area contributed by atoms with Crippen molar-refractivity contribution in [3.63, 3.8) is 0 Å². The molecule has 1 rings (SSSR count). The van der Waals surface area contributed by atoms with E-state index in [1.807, 2.05) is 43.1 Å². The Bertz CT molecular complexity index is 334. The number of nitrogen functional groups attached to an aromatic ring is 1. The van der Waals surface area contributed by atoms with Crippen molar-refractivity contribution in [1.29, 1.82) is 0 Å². The summed E-state index contributed by atoms with van der Waals surface area (Å²) in [6.45, 7) is 2.28. The molecule has 1 aromatic carbocycles. The van der Waals surface area contributed by atoms with Crippen molar-refractivity contribution >= 4 is 11.6 Å². The van der Waals surface area contributed by atoms with Gasteiger partial charge in [0.05, 0.1) is 6.54 Å². The maximum atomic E-state index is 10.8. The molecule has 1 amide bonds. The molecule has 0 radical (unpaired) electrons. The van der Waals surface area contributed by atoms with Crippen LogP contribution < -0.4 is 11.5 Å². The summed E-state index contributed by atoms with van der Waals surface area (Å²) in [7, 11) is 1.87. The highest BCUT2D eigenvalue weighted by atomic mass is 16.1.